The maximum atomic E-state index is 10.9. The Hall–Kier alpha value is -3.07. The number of carbonyl (C=O) groups is 1. The molecule has 0 saturated carbocycles. The zero-order valence-corrected chi connectivity index (χ0v) is 11.0. The van der Waals surface area contributed by atoms with Crippen molar-refractivity contribution in [2.75, 3.05) is 0 Å². The van der Waals surface area contributed by atoms with Crippen molar-refractivity contribution < 1.29 is 14.3 Å². The van der Waals surface area contributed by atoms with Crippen LogP contribution >= 0.6 is 0 Å². The molecule has 2 aromatic heterocycles. The second-order valence-electron chi connectivity index (χ2n) is 4.54. The second-order valence-corrected chi connectivity index (χ2v) is 4.54. The maximum absolute atomic E-state index is 10.9. The zero-order valence-electron chi connectivity index (χ0n) is 11.0. The number of imidazole rings is 1. The molecule has 3 aromatic rings. The van der Waals surface area contributed by atoms with E-state index in [0.717, 1.165) is 11.0 Å². The fraction of sp³-hybridized carbons (Fsp3) is 0.133. The van der Waals surface area contributed by atoms with Crippen molar-refractivity contribution >= 4 is 17.0 Å². The van der Waals surface area contributed by atoms with E-state index in [0.29, 0.717) is 18.1 Å². The number of carboxylic acid groups (broad SMARTS) is 1. The molecule has 0 amide bonds. The maximum Gasteiger partial charge on any atom is 0.338 e. The van der Waals surface area contributed by atoms with Crippen LogP contribution in [-0.4, -0.2) is 20.6 Å². The van der Waals surface area contributed by atoms with Gasteiger partial charge in [0.25, 0.3) is 0 Å². The van der Waals surface area contributed by atoms with Gasteiger partial charge in [-0.05, 0) is 18.2 Å². The predicted octanol–water partition coefficient (Wildman–Crippen LogP) is 2.44. The molecular formula is C15H11N3O3. The van der Waals surface area contributed by atoms with Gasteiger partial charge >= 0.3 is 5.97 Å². The highest BCUT2D eigenvalue weighted by molar-refractivity contribution is 5.87. The molecule has 1 N–H and O–H groups in total. The molecule has 6 nitrogen and oxygen atoms in total. The van der Waals surface area contributed by atoms with Crippen LogP contribution in [0.5, 0.6) is 0 Å². The lowest BCUT2D eigenvalue weighted by Gasteiger charge is -2.04. The topological polar surface area (TPSA) is 92.0 Å². The summed E-state index contributed by atoms with van der Waals surface area (Å²) in [6, 6.07) is 11.1. The third kappa shape index (κ3) is 2.37. The number of hydrogen-bond acceptors (Lipinski definition) is 4. The van der Waals surface area contributed by atoms with E-state index in [4.69, 9.17) is 14.8 Å². The number of carboxylic acids is 1. The summed E-state index contributed by atoms with van der Waals surface area (Å²) in [6.45, 7) is 0.338. The number of fused-ring (bicyclic) bond motifs is 1. The van der Waals surface area contributed by atoms with Crippen LogP contribution in [0, 0.1) is 11.3 Å². The minimum Gasteiger partial charge on any atom is -0.478 e. The fourth-order valence-corrected chi connectivity index (χ4v) is 2.24. The summed E-state index contributed by atoms with van der Waals surface area (Å²) in [6.07, 6.45) is 1.39. The first-order valence-corrected chi connectivity index (χ1v) is 6.31. The molecule has 21 heavy (non-hydrogen) atoms. The van der Waals surface area contributed by atoms with E-state index < -0.39 is 5.97 Å². The number of para-hydroxylation sites is 2. The summed E-state index contributed by atoms with van der Waals surface area (Å²) in [5.74, 6) is 0.111. The first-order valence-electron chi connectivity index (χ1n) is 6.31. The Kier molecular flexibility index (Phi) is 3.16. The van der Waals surface area contributed by atoms with Crippen LogP contribution in [0.15, 0.2) is 41.0 Å². The molecule has 0 fully saturated rings. The average Bonchev–Trinajstić information content (AvgIpc) is 3.06. The Morgan fingerprint density at radius 2 is 2.24 bits per heavy atom. The monoisotopic (exact) mass is 281 g/mol. The molecule has 0 atom stereocenters. The quantitative estimate of drug-likeness (QED) is 0.793. The molecule has 0 aliphatic carbocycles. The van der Waals surface area contributed by atoms with E-state index >= 15 is 0 Å². The summed E-state index contributed by atoms with van der Waals surface area (Å²) in [5, 5.41) is 17.8. The normalized spacial score (nSPS) is 10.6. The number of benzene rings is 1. The van der Waals surface area contributed by atoms with E-state index in [1.807, 2.05) is 28.8 Å². The van der Waals surface area contributed by atoms with Crippen LogP contribution in [0.2, 0.25) is 0 Å². The number of rotatable bonds is 4. The van der Waals surface area contributed by atoms with E-state index in [-0.39, 0.29) is 12.0 Å². The first kappa shape index (κ1) is 12.9. The van der Waals surface area contributed by atoms with Gasteiger partial charge in [0.15, 0.2) is 0 Å². The zero-order chi connectivity index (χ0) is 14.8. The van der Waals surface area contributed by atoms with E-state index in [2.05, 4.69) is 11.1 Å². The summed E-state index contributed by atoms with van der Waals surface area (Å²) >= 11 is 0. The van der Waals surface area contributed by atoms with Gasteiger partial charge in [0.1, 0.15) is 17.8 Å². The van der Waals surface area contributed by atoms with Crippen molar-refractivity contribution in [1.29, 1.82) is 5.26 Å². The van der Waals surface area contributed by atoms with Gasteiger partial charge < -0.3 is 14.1 Å². The lowest BCUT2D eigenvalue weighted by molar-refractivity contribution is 0.0696. The number of nitrogens with zero attached hydrogens (tertiary/aromatic N) is 3. The average molecular weight is 281 g/mol. The van der Waals surface area contributed by atoms with E-state index in [9.17, 15) is 4.79 Å². The molecule has 0 bridgehead atoms. The van der Waals surface area contributed by atoms with Crippen molar-refractivity contribution in [1.82, 2.24) is 9.55 Å². The van der Waals surface area contributed by atoms with Crippen molar-refractivity contribution in [3.63, 3.8) is 0 Å². The van der Waals surface area contributed by atoms with Crippen molar-refractivity contribution in [2.45, 2.75) is 13.0 Å². The molecule has 1 aromatic carbocycles. The summed E-state index contributed by atoms with van der Waals surface area (Å²) in [5.41, 5.74) is 1.79. The van der Waals surface area contributed by atoms with Crippen LogP contribution < -0.4 is 0 Å². The highest BCUT2D eigenvalue weighted by atomic mass is 16.4. The van der Waals surface area contributed by atoms with Crippen LogP contribution in [-0.2, 0) is 13.0 Å². The van der Waals surface area contributed by atoms with Crippen molar-refractivity contribution in [2.24, 2.45) is 0 Å². The number of nitriles is 1. The molecule has 0 spiro atoms. The number of aromatic carboxylic acids is 1. The lowest BCUT2D eigenvalue weighted by Crippen LogP contribution is -2.04. The molecular weight excluding hydrogens is 270 g/mol. The summed E-state index contributed by atoms with van der Waals surface area (Å²) in [4.78, 5) is 15.3. The molecule has 104 valence electrons. The Labute approximate surface area is 119 Å². The molecule has 6 heteroatoms. The van der Waals surface area contributed by atoms with Gasteiger partial charge in [-0.15, -0.1) is 0 Å². The standard InChI is InChI=1S/C15H11N3O3/c16-6-5-14-17-12-3-1-2-4-13(12)18(14)8-11-7-10(9-21-11)15(19)20/h1-4,7,9H,5,8H2,(H,19,20). The second kappa shape index (κ2) is 5.13. The minimum absolute atomic E-state index is 0.108. The molecule has 0 aliphatic heterocycles. The Morgan fingerprint density at radius 1 is 1.43 bits per heavy atom. The van der Waals surface area contributed by atoms with Crippen LogP contribution in [0.25, 0.3) is 11.0 Å². The molecule has 0 radical (unpaired) electrons. The first-order chi connectivity index (χ1) is 10.2. The molecule has 0 aliphatic rings. The van der Waals surface area contributed by atoms with Crippen LogP contribution in [0.4, 0.5) is 0 Å². The fourth-order valence-electron chi connectivity index (χ4n) is 2.24. The Balaban J connectivity index is 2.03. The predicted molar refractivity (Wildman–Crippen MR) is 73.8 cm³/mol. The van der Waals surface area contributed by atoms with Gasteiger partial charge in [0.2, 0.25) is 0 Å². The molecule has 0 unspecified atom stereocenters. The highest BCUT2D eigenvalue weighted by Gasteiger charge is 2.14. The lowest BCUT2D eigenvalue weighted by atomic mass is 10.3. The van der Waals surface area contributed by atoms with Gasteiger partial charge in [-0.3, -0.25) is 0 Å². The van der Waals surface area contributed by atoms with Gasteiger partial charge in [-0.25, -0.2) is 9.78 Å². The van der Waals surface area contributed by atoms with Gasteiger partial charge in [-0.1, -0.05) is 12.1 Å². The SMILES string of the molecule is N#CCc1nc2ccccc2n1Cc1cc(C(=O)O)co1. The van der Waals surface area contributed by atoms with Crippen LogP contribution in [0.3, 0.4) is 0 Å². The summed E-state index contributed by atoms with van der Waals surface area (Å²) < 4.78 is 7.13. The highest BCUT2D eigenvalue weighted by Crippen LogP contribution is 2.19. The number of aromatic nitrogens is 2. The minimum atomic E-state index is -1.03. The largest absolute Gasteiger partial charge is 0.478 e. The summed E-state index contributed by atoms with van der Waals surface area (Å²) in [7, 11) is 0. The number of furan rings is 1. The molecule has 3 rings (SSSR count). The van der Waals surface area contributed by atoms with Crippen molar-refractivity contribution in [3.8, 4) is 6.07 Å². The van der Waals surface area contributed by atoms with E-state index in [1.54, 1.807) is 0 Å². The smallest absolute Gasteiger partial charge is 0.338 e. The molecule has 2 heterocycles. The van der Waals surface area contributed by atoms with Crippen LogP contribution in [0.1, 0.15) is 21.9 Å². The van der Waals surface area contributed by atoms with Crippen molar-refractivity contribution in [3.05, 3.63) is 53.7 Å². The van der Waals surface area contributed by atoms with E-state index in [1.165, 1.54) is 12.3 Å². The Morgan fingerprint density at radius 3 is 2.95 bits per heavy atom. The van der Waals surface area contributed by atoms with Gasteiger partial charge in [0.05, 0.1) is 35.6 Å². The number of hydrogen-bond donors (Lipinski definition) is 1. The van der Waals surface area contributed by atoms with Gasteiger partial charge in [-0.2, -0.15) is 5.26 Å². The molecule has 0 saturated heterocycles. The van der Waals surface area contributed by atoms with Gasteiger partial charge in [0, 0.05) is 0 Å². The third-order valence-corrected chi connectivity index (χ3v) is 3.19. The Bertz CT molecular complexity index is 855. The third-order valence-electron chi connectivity index (χ3n) is 3.19.